The molecular formula is C19H21NO4. The zero-order valence-corrected chi connectivity index (χ0v) is 13.7. The van der Waals surface area contributed by atoms with Gasteiger partial charge in [0.2, 0.25) is 5.91 Å². The summed E-state index contributed by atoms with van der Waals surface area (Å²) in [5.74, 6) is 1.75. The normalized spacial score (nSPS) is 12.7. The van der Waals surface area contributed by atoms with E-state index in [1.807, 2.05) is 30.3 Å². The van der Waals surface area contributed by atoms with Crippen molar-refractivity contribution in [2.75, 3.05) is 20.3 Å². The van der Waals surface area contributed by atoms with E-state index in [-0.39, 0.29) is 11.7 Å². The van der Waals surface area contributed by atoms with Gasteiger partial charge in [-0.1, -0.05) is 24.3 Å². The summed E-state index contributed by atoms with van der Waals surface area (Å²) in [4.78, 5) is 14.0. The van der Waals surface area contributed by atoms with Crippen molar-refractivity contribution in [3.8, 4) is 17.2 Å². The summed E-state index contributed by atoms with van der Waals surface area (Å²) >= 11 is 0. The number of carbonyl (C=O) groups excluding carboxylic acids is 1. The Balaban J connectivity index is 1.57. The summed E-state index contributed by atoms with van der Waals surface area (Å²) in [7, 11) is 1.78. The minimum Gasteiger partial charge on any atom is -0.508 e. The number of fused-ring (bicyclic) bond motifs is 1. The third-order valence-electron chi connectivity index (χ3n) is 4.05. The van der Waals surface area contributed by atoms with Crippen LogP contribution in [0.1, 0.15) is 17.5 Å². The SMILES string of the molecule is CN(Cc1ccc2c(c1)OCCO2)C(=O)CCc1ccccc1O. The van der Waals surface area contributed by atoms with Gasteiger partial charge in [0.15, 0.2) is 11.5 Å². The quantitative estimate of drug-likeness (QED) is 0.917. The number of nitrogens with zero attached hydrogens (tertiary/aromatic N) is 1. The molecule has 1 amide bonds. The van der Waals surface area contributed by atoms with Crippen LogP contribution in [0.25, 0.3) is 0 Å². The maximum Gasteiger partial charge on any atom is 0.222 e. The molecule has 0 radical (unpaired) electrons. The van der Waals surface area contributed by atoms with Gasteiger partial charge in [-0.05, 0) is 35.7 Å². The average Bonchev–Trinajstić information content (AvgIpc) is 2.60. The molecule has 0 saturated heterocycles. The van der Waals surface area contributed by atoms with E-state index in [4.69, 9.17) is 9.47 Å². The Labute approximate surface area is 141 Å². The molecule has 5 nitrogen and oxygen atoms in total. The van der Waals surface area contributed by atoms with E-state index in [1.54, 1.807) is 24.1 Å². The van der Waals surface area contributed by atoms with Gasteiger partial charge >= 0.3 is 0 Å². The van der Waals surface area contributed by atoms with Gasteiger partial charge in [-0.15, -0.1) is 0 Å². The van der Waals surface area contributed by atoms with Crippen molar-refractivity contribution in [1.29, 1.82) is 0 Å². The lowest BCUT2D eigenvalue weighted by Gasteiger charge is -2.21. The van der Waals surface area contributed by atoms with Crippen molar-refractivity contribution < 1.29 is 19.4 Å². The number of para-hydroxylation sites is 1. The largest absolute Gasteiger partial charge is 0.508 e. The molecule has 0 spiro atoms. The summed E-state index contributed by atoms with van der Waals surface area (Å²) in [6.07, 6.45) is 0.885. The molecule has 1 aliphatic heterocycles. The molecule has 0 atom stereocenters. The second-order valence-electron chi connectivity index (χ2n) is 5.86. The second kappa shape index (κ2) is 7.25. The molecule has 24 heavy (non-hydrogen) atoms. The van der Waals surface area contributed by atoms with E-state index in [1.165, 1.54) is 0 Å². The lowest BCUT2D eigenvalue weighted by Crippen LogP contribution is -2.26. The monoisotopic (exact) mass is 327 g/mol. The maximum atomic E-state index is 12.3. The zero-order valence-electron chi connectivity index (χ0n) is 13.7. The molecule has 0 fully saturated rings. The highest BCUT2D eigenvalue weighted by Crippen LogP contribution is 2.31. The van der Waals surface area contributed by atoms with Crippen LogP contribution >= 0.6 is 0 Å². The zero-order chi connectivity index (χ0) is 16.9. The van der Waals surface area contributed by atoms with Crippen molar-refractivity contribution >= 4 is 5.91 Å². The predicted octanol–water partition coefficient (Wildman–Crippen LogP) is 2.75. The number of phenols is 1. The number of aromatic hydroxyl groups is 1. The van der Waals surface area contributed by atoms with Crippen LogP contribution in [0.3, 0.4) is 0 Å². The molecule has 3 rings (SSSR count). The molecule has 1 N–H and O–H groups in total. The van der Waals surface area contributed by atoms with Gasteiger partial charge in [-0.25, -0.2) is 0 Å². The smallest absolute Gasteiger partial charge is 0.222 e. The van der Waals surface area contributed by atoms with Crippen molar-refractivity contribution in [2.45, 2.75) is 19.4 Å². The van der Waals surface area contributed by atoms with Gasteiger partial charge in [-0.3, -0.25) is 4.79 Å². The minimum atomic E-state index is 0.0353. The van der Waals surface area contributed by atoms with Crippen molar-refractivity contribution in [3.05, 3.63) is 53.6 Å². The van der Waals surface area contributed by atoms with E-state index in [0.29, 0.717) is 32.6 Å². The first-order valence-electron chi connectivity index (χ1n) is 8.03. The highest BCUT2D eigenvalue weighted by atomic mass is 16.6. The molecule has 0 unspecified atom stereocenters. The van der Waals surface area contributed by atoms with Gasteiger partial charge in [0.05, 0.1) is 0 Å². The predicted molar refractivity (Wildman–Crippen MR) is 90.3 cm³/mol. The summed E-state index contributed by atoms with van der Waals surface area (Å²) in [6.45, 7) is 1.62. The highest BCUT2D eigenvalue weighted by Gasteiger charge is 2.14. The van der Waals surface area contributed by atoms with Crippen LogP contribution < -0.4 is 9.47 Å². The number of amides is 1. The molecule has 126 valence electrons. The van der Waals surface area contributed by atoms with Gasteiger partial charge < -0.3 is 19.5 Å². The minimum absolute atomic E-state index is 0.0353. The molecule has 1 heterocycles. The Morgan fingerprint density at radius 3 is 2.67 bits per heavy atom. The van der Waals surface area contributed by atoms with Crippen LogP contribution in [0, 0.1) is 0 Å². The van der Waals surface area contributed by atoms with Crippen molar-refractivity contribution in [2.24, 2.45) is 0 Å². The molecule has 0 saturated carbocycles. The van der Waals surface area contributed by atoms with Crippen LogP contribution in [-0.2, 0) is 17.8 Å². The van der Waals surface area contributed by atoms with Crippen LogP contribution in [0.5, 0.6) is 17.2 Å². The maximum absolute atomic E-state index is 12.3. The van der Waals surface area contributed by atoms with E-state index in [9.17, 15) is 9.90 Å². The number of carbonyl (C=O) groups is 1. The summed E-state index contributed by atoms with van der Waals surface area (Å²) in [5, 5.41) is 9.76. The topological polar surface area (TPSA) is 59.0 Å². The Bertz CT molecular complexity index is 729. The number of hydrogen-bond acceptors (Lipinski definition) is 4. The fourth-order valence-corrected chi connectivity index (χ4v) is 2.70. The molecule has 1 aliphatic rings. The summed E-state index contributed by atoms with van der Waals surface area (Å²) < 4.78 is 11.1. The number of benzene rings is 2. The Morgan fingerprint density at radius 2 is 1.88 bits per heavy atom. The molecule has 0 aromatic heterocycles. The van der Waals surface area contributed by atoms with E-state index in [2.05, 4.69) is 0 Å². The molecule has 0 aliphatic carbocycles. The lowest BCUT2D eigenvalue weighted by molar-refractivity contribution is -0.130. The standard InChI is InChI=1S/C19H21NO4/c1-20(19(22)9-7-15-4-2-3-5-16(15)21)13-14-6-8-17-18(12-14)24-11-10-23-17/h2-6,8,12,21H,7,9-11,13H2,1H3. The molecule has 5 heteroatoms. The highest BCUT2D eigenvalue weighted by molar-refractivity contribution is 5.76. The third kappa shape index (κ3) is 3.79. The Kier molecular flexibility index (Phi) is 4.89. The third-order valence-corrected chi connectivity index (χ3v) is 4.05. The molecule has 0 bridgehead atoms. The lowest BCUT2D eigenvalue weighted by atomic mass is 10.1. The number of aryl methyl sites for hydroxylation is 1. The van der Waals surface area contributed by atoms with E-state index in [0.717, 1.165) is 22.6 Å². The summed E-state index contributed by atoms with van der Waals surface area (Å²) in [5.41, 5.74) is 1.79. The number of phenolic OH excluding ortho intramolecular Hbond substituents is 1. The van der Waals surface area contributed by atoms with Crippen LogP contribution in [0.15, 0.2) is 42.5 Å². The van der Waals surface area contributed by atoms with Crippen LogP contribution in [0.4, 0.5) is 0 Å². The van der Waals surface area contributed by atoms with E-state index < -0.39 is 0 Å². The molecular weight excluding hydrogens is 306 g/mol. The van der Waals surface area contributed by atoms with Gasteiger partial charge in [0.1, 0.15) is 19.0 Å². The first kappa shape index (κ1) is 16.2. The summed E-state index contributed by atoms with van der Waals surface area (Å²) in [6, 6.07) is 12.8. The number of ether oxygens (including phenoxy) is 2. The first-order chi connectivity index (χ1) is 11.6. The molecule has 2 aromatic rings. The van der Waals surface area contributed by atoms with Crippen molar-refractivity contribution in [3.63, 3.8) is 0 Å². The van der Waals surface area contributed by atoms with E-state index >= 15 is 0 Å². The first-order valence-corrected chi connectivity index (χ1v) is 8.03. The fourth-order valence-electron chi connectivity index (χ4n) is 2.70. The fraction of sp³-hybridized carbons (Fsp3) is 0.316. The second-order valence-corrected chi connectivity index (χ2v) is 5.86. The Morgan fingerprint density at radius 1 is 1.12 bits per heavy atom. The van der Waals surface area contributed by atoms with Crippen molar-refractivity contribution in [1.82, 2.24) is 4.90 Å². The van der Waals surface area contributed by atoms with Gasteiger partial charge in [-0.2, -0.15) is 0 Å². The van der Waals surface area contributed by atoms with Gasteiger partial charge in [0.25, 0.3) is 0 Å². The average molecular weight is 327 g/mol. The Hall–Kier alpha value is -2.69. The van der Waals surface area contributed by atoms with Crippen LogP contribution in [-0.4, -0.2) is 36.2 Å². The van der Waals surface area contributed by atoms with Crippen LogP contribution in [0.2, 0.25) is 0 Å². The number of hydrogen-bond donors (Lipinski definition) is 1. The number of rotatable bonds is 5. The molecule has 2 aromatic carbocycles. The van der Waals surface area contributed by atoms with Gasteiger partial charge in [0, 0.05) is 20.0 Å².